The fourth-order valence-electron chi connectivity index (χ4n) is 2.60. The number of aromatic nitrogens is 1. The van der Waals surface area contributed by atoms with E-state index in [1.165, 1.54) is 26.6 Å². The number of rotatable bonds is 7. The molecule has 21 heavy (non-hydrogen) atoms. The predicted octanol–water partition coefficient (Wildman–Crippen LogP) is 4.61. The van der Waals surface area contributed by atoms with Crippen LogP contribution < -0.4 is 5.32 Å². The van der Waals surface area contributed by atoms with Crippen LogP contribution in [0.25, 0.3) is 0 Å². The van der Waals surface area contributed by atoms with Gasteiger partial charge < -0.3 is 5.32 Å². The largest absolute Gasteiger partial charge is 0.308 e. The molecule has 0 aliphatic heterocycles. The van der Waals surface area contributed by atoms with Crippen LogP contribution >= 0.6 is 11.3 Å². The minimum Gasteiger partial charge on any atom is -0.308 e. The number of nitrogens with zero attached hydrogens (tertiary/aromatic N) is 1. The van der Waals surface area contributed by atoms with Crippen LogP contribution in [0.15, 0.2) is 24.4 Å². The molecular weight excluding hydrogens is 276 g/mol. The van der Waals surface area contributed by atoms with Crippen molar-refractivity contribution < 1.29 is 0 Å². The fourth-order valence-corrected chi connectivity index (χ4v) is 3.60. The van der Waals surface area contributed by atoms with Crippen LogP contribution in [0, 0.1) is 13.8 Å². The highest BCUT2D eigenvalue weighted by Gasteiger charge is 2.16. The zero-order valence-corrected chi connectivity index (χ0v) is 14.4. The highest BCUT2D eigenvalue weighted by atomic mass is 32.1. The first-order chi connectivity index (χ1) is 10.1. The SMILES string of the molecule is CCCNC(Cc1ccc(CC)s1)c1ncc(C)cc1C. The van der Waals surface area contributed by atoms with Gasteiger partial charge in [-0.05, 0) is 56.5 Å². The van der Waals surface area contributed by atoms with Crippen molar-refractivity contribution in [2.45, 2.75) is 53.0 Å². The van der Waals surface area contributed by atoms with Crippen molar-refractivity contribution in [3.05, 3.63) is 51.0 Å². The lowest BCUT2D eigenvalue weighted by Gasteiger charge is -2.19. The average Bonchev–Trinajstić information content (AvgIpc) is 2.91. The summed E-state index contributed by atoms with van der Waals surface area (Å²) in [5.41, 5.74) is 3.71. The second-order valence-electron chi connectivity index (χ2n) is 5.65. The third kappa shape index (κ3) is 4.39. The van der Waals surface area contributed by atoms with Crippen molar-refractivity contribution >= 4 is 11.3 Å². The first kappa shape index (κ1) is 16.2. The van der Waals surface area contributed by atoms with Gasteiger partial charge in [0, 0.05) is 22.4 Å². The van der Waals surface area contributed by atoms with Gasteiger partial charge in [-0.3, -0.25) is 4.98 Å². The van der Waals surface area contributed by atoms with E-state index in [2.05, 4.69) is 51.2 Å². The maximum atomic E-state index is 4.70. The maximum absolute atomic E-state index is 4.70. The first-order valence-electron chi connectivity index (χ1n) is 7.88. The molecule has 2 heterocycles. The Kier molecular flexibility index (Phi) is 5.95. The standard InChI is InChI=1S/C18H26N2S/c1-5-9-19-17(11-16-8-7-15(6-2)21-16)18-14(4)10-13(3)12-20-18/h7-8,10,12,17,19H,5-6,9,11H2,1-4H3. The highest BCUT2D eigenvalue weighted by molar-refractivity contribution is 7.11. The molecule has 0 aliphatic carbocycles. The molecule has 114 valence electrons. The van der Waals surface area contributed by atoms with E-state index in [0.717, 1.165) is 25.8 Å². The van der Waals surface area contributed by atoms with E-state index in [-0.39, 0.29) is 0 Å². The van der Waals surface area contributed by atoms with Gasteiger partial charge in [0.05, 0.1) is 11.7 Å². The second kappa shape index (κ2) is 7.71. The molecule has 1 atom stereocenters. The van der Waals surface area contributed by atoms with Crippen molar-refractivity contribution in [2.24, 2.45) is 0 Å². The normalized spacial score (nSPS) is 12.6. The smallest absolute Gasteiger partial charge is 0.0606 e. The summed E-state index contributed by atoms with van der Waals surface area (Å²) >= 11 is 1.93. The van der Waals surface area contributed by atoms with E-state index in [0.29, 0.717) is 6.04 Å². The third-order valence-electron chi connectivity index (χ3n) is 3.70. The molecule has 0 spiro atoms. The summed E-state index contributed by atoms with van der Waals surface area (Å²) in [7, 11) is 0. The summed E-state index contributed by atoms with van der Waals surface area (Å²) in [4.78, 5) is 7.61. The maximum Gasteiger partial charge on any atom is 0.0606 e. The zero-order valence-electron chi connectivity index (χ0n) is 13.6. The number of thiophene rings is 1. The van der Waals surface area contributed by atoms with Gasteiger partial charge in [0.25, 0.3) is 0 Å². The molecule has 0 aliphatic rings. The molecule has 3 heteroatoms. The molecule has 0 aromatic carbocycles. The van der Waals surface area contributed by atoms with Crippen molar-refractivity contribution in [3.8, 4) is 0 Å². The van der Waals surface area contributed by atoms with E-state index in [1.54, 1.807) is 0 Å². The molecule has 0 amide bonds. The Labute approximate surface area is 132 Å². The van der Waals surface area contributed by atoms with Gasteiger partial charge in [-0.15, -0.1) is 11.3 Å². The van der Waals surface area contributed by atoms with Crippen LogP contribution in [0.2, 0.25) is 0 Å². The van der Waals surface area contributed by atoms with E-state index in [1.807, 2.05) is 17.5 Å². The number of hydrogen-bond donors (Lipinski definition) is 1. The molecule has 2 aromatic heterocycles. The fraction of sp³-hybridized carbons (Fsp3) is 0.500. The van der Waals surface area contributed by atoms with Crippen LogP contribution in [0.1, 0.15) is 52.9 Å². The summed E-state index contributed by atoms with van der Waals surface area (Å²) in [5.74, 6) is 0. The van der Waals surface area contributed by atoms with Gasteiger partial charge >= 0.3 is 0 Å². The Bertz CT molecular complexity index is 574. The molecule has 2 aromatic rings. The lowest BCUT2D eigenvalue weighted by molar-refractivity contribution is 0.518. The Balaban J connectivity index is 2.20. The van der Waals surface area contributed by atoms with E-state index < -0.39 is 0 Å². The number of hydrogen-bond acceptors (Lipinski definition) is 3. The van der Waals surface area contributed by atoms with Gasteiger partial charge in [0.2, 0.25) is 0 Å². The van der Waals surface area contributed by atoms with Crippen LogP contribution in [0.4, 0.5) is 0 Å². The Morgan fingerprint density at radius 2 is 1.95 bits per heavy atom. The van der Waals surface area contributed by atoms with Crippen LogP contribution in [0.3, 0.4) is 0 Å². The second-order valence-corrected chi connectivity index (χ2v) is 6.90. The lowest BCUT2D eigenvalue weighted by Crippen LogP contribution is -2.25. The quantitative estimate of drug-likeness (QED) is 0.808. The summed E-state index contributed by atoms with van der Waals surface area (Å²) in [5, 5.41) is 3.67. The Hall–Kier alpha value is -1.19. The molecule has 1 N–H and O–H groups in total. The van der Waals surface area contributed by atoms with Gasteiger partial charge in [0.15, 0.2) is 0 Å². The lowest BCUT2D eigenvalue weighted by atomic mass is 10.0. The molecule has 2 nitrogen and oxygen atoms in total. The van der Waals surface area contributed by atoms with E-state index >= 15 is 0 Å². The summed E-state index contributed by atoms with van der Waals surface area (Å²) in [6, 6.07) is 7.07. The van der Waals surface area contributed by atoms with Gasteiger partial charge in [-0.2, -0.15) is 0 Å². The highest BCUT2D eigenvalue weighted by Crippen LogP contribution is 2.25. The average molecular weight is 302 g/mol. The minimum absolute atomic E-state index is 0.314. The number of nitrogens with one attached hydrogen (secondary N) is 1. The summed E-state index contributed by atoms with van der Waals surface area (Å²) in [6.45, 7) is 9.73. The zero-order chi connectivity index (χ0) is 15.2. The third-order valence-corrected chi connectivity index (χ3v) is 4.95. The van der Waals surface area contributed by atoms with Crippen LogP contribution in [-0.2, 0) is 12.8 Å². The van der Waals surface area contributed by atoms with Crippen molar-refractivity contribution in [3.63, 3.8) is 0 Å². The van der Waals surface area contributed by atoms with Crippen molar-refractivity contribution in [1.29, 1.82) is 0 Å². The molecule has 2 rings (SSSR count). The topological polar surface area (TPSA) is 24.9 Å². The van der Waals surface area contributed by atoms with E-state index in [4.69, 9.17) is 4.98 Å². The number of aryl methyl sites for hydroxylation is 3. The molecule has 0 bridgehead atoms. The van der Waals surface area contributed by atoms with Crippen molar-refractivity contribution in [2.75, 3.05) is 6.54 Å². The monoisotopic (exact) mass is 302 g/mol. The van der Waals surface area contributed by atoms with Gasteiger partial charge in [0.1, 0.15) is 0 Å². The molecular formula is C18H26N2S. The summed E-state index contributed by atoms with van der Waals surface area (Å²) < 4.78 is 0. The van der Waals surface area contributed by atoms with Gasteiger partial charge in [-0.25, -0.2) is 0 Å². The number of pyridine rings is 1. The Morgan fingerprint density at radius 1 is 1.19 bits per heavy atom. The van der Waals surface area contributed by atoms with Crippen LogP contribution in [-0.4, -0.2) is 11.5 Å². The van der Waals surface area contributed by atoms with Crippen molar-refractivity contribution in [1.82, 2.24) is 10.3 Å². The summed E-state index contributed by atoms with van der Waals surface area (Å²) in [6.07, 6.45) is 5.28. The predicted molar refractivity (Wildman–Crippen MR) is 92.1 cm³/mol. The van der Waals surface area contributed by atoms with E-state index in [9.17, 15) is 0 Å². The molecule has 0 saturated heterocycles. The molecule has 1 unspecified atom stereocenters. The Morgan fingerprint density at radius 3 is 2.57 bits per heavy atom. The van der Waals surface area contributed by atoms with Gasteiger partial charge in [-0.1, -0.05) is 19.9 Å². The van der Waals surface area contributed by atoms with Crippen LogP contribution in [0.5, 0.6) is 0 Å². The molecule has 0 saturated carbocycles. The molecule has 0 radical (unpaired) electrons. The minimum atomic E-state index is 0.314. The molecule has 0 fully saturated rings. The first-order valence-corrected chi connectivity index (χ1v) is 8.69.